The zero-order valence-electron chi connectivity index (χ0n) is 11.2. The molecule has 0 radical (unpaired) electrons. The molecule has 0 saturated carbocycles. The number of ketones is 1. The van der Waals surface area contributed by atoms with E-state index >= 15 is 0 Å². The average Bonchev–Trinajstić information content (AvgIpc) is 2.39. The van der Waals surface area contributed by atoms with Gasteiger partial charge in [-0.15, -0.1) is 0 Å². The molecule has 0 amide bonds. The normalized spacial score (nSPS) is 10.6. The van der Waals surface area contributed by atoms with Gasteiger partial charge in [0.1, 0.15) is 0 Å². The minimum Gasteiger partial charge on any atom is -0.490 e. The summed E-state index contributed by atoms with van der Waals surface area (Å²) in [6.07, 6.45) is 1.70. The van der Waals surface area contributed by atoms with Gasteiger partial charge in [-0.05, 0) is 26.0 Å². The van der Waals surface area contributed by atoms with Crippen LogP contribution in [0, 0.1) is 0 Å². The fourth-order valence-corrected chi connectivity index (χ4v) is 1.74. The van der Waals surface area contributed by atoms with Crippen molar-refractivity contribution in [2.75, 3.05) is 13.2 Å². The van der Waals surface area contributed by atoms with Crippen LogP contribution in [-0.2, 0) is 4.79 Å². The average molecular weight is 299 g/mol. The van der Waals surface area contributed by atoms with Gasteiger partial charge < -0.3 is 14.6 Å². The van der Waals surface area contributed by atoms with Gasteiger partial charge in [0, 0.05) is 17.7 Å². The minimum atomic E-state index is -1.20. The molecule has 6 heteroatoms. The van der Waals surface area contributed by atoms with Crippen LogP contribution in [0.25, 0.3) is 0 Å². The molecule has 1 aromatic carbocycles. The Morgan fingerprint density at radius 3 is 2.20 bits per heavy atom. The summed E-state index contributed by atoms with van der Waals surface area (Å²) in [6.45, 7) is 4.46. The van der Waals surface area contributed by atoms with E-state index in [1.165, 1.54) is 12.1 Å². The maximum Gasteiger partial charge on any atom is 0.328 e. The van der Waals surface area contributed by atoms with Crippen LogP contribution < -0.4 is 9.47 Å². The molecule has 108 valence electrons. The summed E-state index contributed by atoms with van der Waals surface area (Å²) in [5, 5.41) is 8.69. The van der Waals surface area contributed by atoms with Gasteiger partial charge in [-0.25, -0.2) is 4.79 Å². The monoisotopic (exact) mass is 298 g/mol. The van der Waals surface area contributed by atoms with Crippen molar-refractivity contribution in [1.82, 2.24) is 0 Å². The van der Waals surface area contributed by atoms with Crippen LogP contribution in [0.5, 0.6) is 11.5 Å². The Bertz CT molecular complexity index is 537. The summed E-state index contributed by atoms with van der Waals surface area (Å²) >= 11 is 6.01. The second kappa shape index (κ2) is 7.55. The van der Waals surface area contributed by atoms with Crippen LogP contribution in [0.15, 0.2) is 24.3 Å². The molecule has 0 heterocycles. The third-order valence-electron chi connectivity index (χ3n) is 2.28. The molecule has 0 aliphatic carbocycles. The number of ether oxygens (including phenoxy) is 2. The highest BCUT2D eigenvalue weighted by Gasteiger charge is 2.15. The molecular weight excluding hydrogens is 284 g/mol. The number of halogens is 1. The lowest BCUT2D eigenvalue weighted by Gasteiger charge is -2.12. The van der Waals surface area contributed by atoms with E-state index in [0.29, 0.717) is 24.7 Å². The number of aliphatic carboxylic acids is 1. The molecule has 1 rings (SSSR count). The molecule has 1 aromatic rings. The largest absolute Gasteiger partial charge is 0.490 e. The second-order valence-corrected chi connectivity index (χ2v) is 4.09. The van der Waals surface area contributed by atoms with E-state index in [-0.39, 0.29) is 10.6 Å². The fraction of sp³-hybridized carbons (Fsp3) is 0.286. The van der Waals surface area contributed by atoms with E-state index in [9.17, 15) is 9.59 Å². The first-order valence-corrected chi connectivity index (χ1v) is 6.41. The van der Waals surface area contributed by atoms with Crippen molar-refractivity contribution in [2.45, 2.75) is 13.8 Å². The topological polar surface area (TPSA) is 72.8 Å². The summed E-state index contributed by atoms with van der Waals surface area (Å²) in [4.78, 5) is 22.3. The maximum absolute atomic E-state index is 11.9. The molecule has 0 aliphatic heterocycles. The Labute approximate surface area is 121 Å². The Balaban J connectivity index is 3.17. The molecule has 0 atom stereocenters. The maximum atomic E-state index is 11.9. The third-order valence-corrected chi connectivity index (χ3v) is 2.59. The fourth-order valence-electron chi connectivity index (χ4n) is 1.50. The first kappa shape index (κ1) is 16.0. The summed E-state index contributed by atoms with van der Waals surface area (Å²) in [5.41, 5.74) is 0.163. The highest BCUT2D eigenvalue weighted by atomic mass is 35.5. The lowest BCUT2D eigenvalue weighted by atomic mass is 10.1. The molecule has 20 heavy (non-hydrogen) atoms. The number of hydrogen-bond donors (Lipinski definition) is 1. The van der Waals surface area contributed by atoms with Gasteiger partial charge in [0.05, 0.1) is 18.2 Å². The van der Waals surface area contributed by atoms with Crippen LogP contribution in [0.2, 0.25) is 5.02 Å². The van der Waals surface area contributed by atoms with Crippen molar-refractivity contribution in [1.29, 1.82) is 0 Å². The molecule has 5 nitrogen and oxygen atoms in total. The van der Waals surface area contributed by atoms with Gasteiger partial charge in [-0.2, -0.15) is 0 Å². The highest BCUT2D eigenvalue weighted by molar-refractivity contribution is 6.35. The third kappa shape index (κ3) is 4.28. The Kier molecular flexibility index (Phi) is 6.06. The number of carbonyl (C=O) groups is 2. The number of carboxylic acids is 1. The molecule has 0 spiro atoms. The van der Waals surface area contributed by atoms with E-state index in [0.717, 1.165) is 12.2 Å². The summed E-state index contributed by atoms with van der Waals surface area (Å²) in [6, 6.07) is 2.93. The number of rotatable bonds is 7. The lowest BCUT2D eigenvalue weighted by molar-refractivity contribution is -0.131. The van der Waals surface area contributed by atoms with Crippen LogP contribution in [-0.4, -0.2) is 30.1 Å². The highest BCUT2D eigenvalue weighted by Crippen LogP contribution is 2.34. The molecule has 0 saturated heterocycles. The van der Waals surface area contributed by atoms with Crippen molar-refractivity contribution >= 4 is 23.4 Å². The Morgan fingerprint density at radius 1 is 1.15 bits per heavy atom. The minimum absolute atomic E-state index is 0.163. The zero-order chi connectivity index (χ0) is 15.1. The Morgan fingerprint density at radius 2 is 1.70 bits per heavy atom. The predicted molar refractivity (Wildman–Crippen MR) is 74.9 cm³/mol. The van der Waals surface area contributed by atoms with Gasteiger partial charge in [-0.1, -0.05) is 11.6 Å². The second-order valence-electron chi connectivity index (χ2n) is 3.68. The van der Waals surface area contributed by atoms with Crippen molar-refractivity contribution in [3.05, 3.63) is 34.9 Å². The molecule has 0 fully saturated rings. The lowest BCUT2D eigenvalue weighted by Crippen LogP contribution is -2.03. The molecular formula is C14H15ClO5. The van der Waals surface area contributed by atoms with E-state index in [4.69, 9.17) is 26.2 Å². The van der Waals surface area contributed by atoms with Gasteiger partial charge >= 0.3 is 5.97 Å². The van der Waals surface area contributed by atoms with Crippen LogP contribution in [0.4, 0.5) is 0 Å². The number of carbonyl (C=O) groups excluding carboxylic acids is 1. The molecule has 0 bridgehead atoms. The first-order valence-electron chi connectivity index (χ1n) is 6.04. The van der Waals surface area contributed by atoms with Crippen LogP contribution in [0.3, 0.4) is 0 Å². The van der Waals surface area contributed by atoms with Crippen molar-refractivity contribution in [3.63, 3.8) is 0 Å². The van der Waals surface area contributed by atoms with Crippen molar-refractivity contribution in [2.24, 2.45) is 0 Å². The van der Waals surface area contributed by atoms with E-state index in [1.54, 1.807) is 6.92 Å². The quantitative estimate of drug-likeness (QED) is 0.619. The first-order chi connectivity index (χ1) is 9.49. The van der Waals surface area contributed by atoms with Gasteiger partial charge in [0.2, 0.25) is 0 Å². The molecule has 0 aliphatic rings. The molecule has 0 aromatic heterocycles. The number of hydrogen-bond acceptors (Lipinski definition) is 4. The molecule has 0 unspecified atom stereocenters. The summed E-state index contributed by atoms with van der Waals surface area (Å²) in [7, 11) is 0. The standard InChI is InChI=1S/C14H15ClO5/c1-3-19-12-7-9(11(16)5-6-14(17)18)10(15)8-13(12)20-4-2/h5-8H,3-4H2,1-2H3,(H,17,18). The van der Waals surface area contributed by atoms with Crippen molar-refractivity contribution < 1.29 is 24.2 Å². The van der Waals surface area contributed by atoms with Gasteiger partial charge in [0.25, 0.3) is 0 Å². The number of allylic oxidation sites excluding steroid dienone is 1. The van der Waals surface area contributed by atoms with Gasteiger partial charge in [-0.3, -0.25) is 4.79 Å². The van der Waals surface area contributed by atoms with E-state index in [2.05, 4.69) is 0 Å². The van der Waals surface area contributed by atoms with Crippen molar-refractivity contribution in [3.8, 4) is 11.5 Å². The number of benzene rings is 1. The predicted octanol–water partition coefficient (Wildman–Crippen LogP) is 2.96. The smallest absolute Gasteiger partial charge is 0.328 e. The SMILES string of the molecule is CCOc1cc(Cl)c(C(=O)C=CC(=O)O)cc1OCC. The summed E-state index contributed by atoms with van der Waals surface area (Å²) in [5.74, 6) is -0.879. The van der Waals surface area contributed by atoms with Gasteiger partial charge in [0.15, 0.2) is 17.3 Å². The van der Waals surface area contributed by atoms with Crippen LogP contribution >= 0.6 is 11.6 Å². The van der Waals surface area contributed by atoms with E-state index < -0.39 is 11.8 Å². The molecule has 1 N–H and O–H groups in total. The zero-order valence-corrected chi connectivity index (χ0v) is 11.9. The van der Waals surface area contributed by atoms with Crippen LogP contribution in [0.1, 0.15) is 24.2 Å². The Hall–Kier alpha value is -2.01. The summed E-state index contributed by atoms with van der Waals surface area (Å²) < 4.78 is 10.8. The number of carboxylic acid groups (broad SMARTS) is 1. The van der Waals surface area contributed by atoms with E-state index in [1.807, 2.05) is 6.92 Å².